The third-order valence-electron chi connectivity index (χ3n) is 3.19. The molecular formula is C17H19N3O5. The maximum absolute atomic E-state index is 12.1. The molecule has 1 unspecified atom stereocenters. The molecule has 8 nitrogen and oxygen atoms in total. The van der Waals surface area contributed by atoms with Gasteiger partial charge in [0.05, 0.1) is 5.56 Å². The maximum atomic E-state index is 12.1. The Morgan fingerprint density at radius 2 is 1.80 bits per heavy atom. The van der Waals surface area contributed by atoms with Crippen LogP contribution in [0.5, 0.6) is 0 Å². The maximum Gasteiger partial charge on any atom is 0.335 e. The summed E-state index contributed by atoms with van der Waals surface area (Å²) in [6.45, 7) is 3.72. The molecule has 1 aromatic carbocycles. The van der Waals surface area contributed by atoms with Crippen LogP contribution in [0.25, 0.3) is 0 Å². The van der Waals surface area contributed by atoms with Crippen LogP contribution in [0.15, 0.2) is 36.0 Å². The van der Waals surface area contributed by atoms with Gasteiger partial charge >= 0.3 is 11.9 Å². The highest BCUT2D eigenvalue weighted by molar-refractivity contribution is 6.06. The molecule has 132 valence electrons. The smallest absolute Gasteiger partial charge is 0.335 e. The Labute approximate surface area is 144 Å². The van der Waals surface area contributed by atoms with E-state index in [-0.39, 0.29) is 17.1 Å². The lowest BCUT2D eigenvalue weighted by Gasteiger charge is -2.15. The van der Waals surface area contributed by atoms with Crippen LogP contribution in [0.3, 0.4) is 0 Å². The second-order valence-corrected chi connectivity index (χ2v) is 5.69. The molecule has 0 saturated heterocycles. The van der Waals surface area contributed by atoms with E-state index in [1.54, 1.807) is 6.07 Å². The number of carboxylic acids is 2. The average Bonchev–Trinajstić information content (AvgIpc) is 2.54. The van der Waals surface area contributed by atoms with E-state index in [1.807, 2.05) is 13.8 Å². The molecule has 0 fully saturated rings. The number of carbonyl (C=O) groups excluding carboxylic acids is 1. The minimum absolute atomic E-state index is 0.0636. The predicted octanol–water partition coefficient (Wildman–Crippen LogP) is 1.82. The molecule has 0 aliphatic rings. The molecule has 0 saturated carbocycles. The Morgan fingerprint density at radius 1 is 1.20 bits per heavy atom. The van der Waals surface area contributed by atoms with E-state index in [1.165, 1.54) is 24.3 Å². The number of aromatic carboxylic acids is 1. The van der Waals surface area contributed by atoms with Crippen molar-refractivity contribution >= 4 is 23.5 Å². The molecule has 4 N–H and O–H groups in total. The number of carbonyl (C=O) groups is 3. The van der Waals surface area contributed by atoms with Crippen LogP contribution in [0.4, 0.5) is 5.69 Å². The number of nitrogens with zero attached hydrogens (tertiary/aromatic N) is 1. The van der Waals surface area contributed by atoms with Gasteiger partial charge in [0.2, 0.25) is 0 Å². The summed E-state index contributed by atoms with van der Waals surface area (Å²) < 4.78 is 0. The van der Waals surface area contributed by atoms with Crippen LogP contribution in [0.2, 0.25) is 0 Å². The van der Waals surface area contributed by atoms with Crippen LogP contribution < -0.4 is 10.6 Å². The van der Waals surface area contributed by atoms with E-state index in [0.717, 1.165) is 6.20 Å². The van der Waals surface area contributed by atoms with Gasteiger partial charge in [-0.2, -0.15) is 5.26 Å². The molecule has 0 aromatic heterocycles. The molecule has 1 atom stereocenters. The van der Waals surface area contributed by atoms with Gasteiger partial charge in [0.25, 0.3) is 5.91 Å². The zero-order chi connectivity index (χ0) is 19.0. The van der Waals surface area contributed by atoms with E-state index < -0.39 is 23.9 Å². The van der Waals surface area contributed by atoms with E-state index in [2.05, 4.69) is 10.6 Å². The van der Waals surface area contributed by atoms with Crippen molar-refractivity contribution < 1.29 is 24.6 Å². The highest BCUT2D eigenvalue weighted by Gasteiger charge is 2.18. The fourth-order valence-electron chi connectivity index (χ4n) is 1.94. The van der Waals surface area contributed by atoms with Gasteiger partial charge in [-0.15, -0.1) is 0 Å². The summed E-state index contributed by atoms with van der Waals surface area (Å²) in [5, 5.41) is 32.0. The molecule has 8 heteroatoms. The summed E-state index contributed by atoms with van der Waals surface area (Å²) >= 11 is 0. The lowest BCUT2D eigenvalue weighted by atomic mass is 10.0. The van der Waals surface area contributed by atoms with Gasteiger partial charge in [0.1, 0.15) is 17.7 Å². The van der Waals surface area contributed by atoms with E-state index in [0.29, 0.717) is 12.1 Å². The fourth-order valence-corrected chi connectivity index (χ4v) is 1.94. The van der Waals surface area contributed by atoms with Crippen molar-refractivity contribution in [2.45, 2.75) is 26.3 Å². The van der Waals surface area contributed by atoms with E-state index >= 15 is 0 Å². The Morgan fingerprint density at radius 3 is 2.24 bits per heavy atom. The first-order valence-corrected chi connectivity index (χ1v) is 7.48. The lowest BCUT2D eigenvalue weighted by Crippen LogP contribution is -2.35. The predicted molar refractivity (Wildman–Crippen MR) is 89.7 cm³/mol. The largest absolute Gasteiger partial charge is 0.480 e. The van der Waals surface area contributed by atoms with Crippen LogP contribution in [0, 0.1) is 17.2 Å². The minimum atomic E-state index is -1.09. The van der Waals surface area contributed by atoms with Gasteiger partial charge in [-0.1, -0.05) is 13.8 Å². The normalized spacial score (nSPS) is 12.2. The van der Waals surface area contributed by atoms with Crippen molar-refractivity contribution in [2.24, 2.45) is 5.92 Å². The first kappa shape index (κ1) is 19.7. The summed E-state index contributed by atoms with van der Waals surface area (Å²) in [6.07, 6.45) is 1.41. The Balaban J connectivity index is 2.80. The molecule has 1 amide bonds. The van der Waals surface area contributed by atoms with Crippen molar-refractivity contribution in [3.05, 3.63) is 41.6 Å². The number of amides is 1. The number of nitrogens with one attached hydrogen (secondary N) is 2. The lowest BCUT2D eigenvalue weighted by molar-refractivity contribution is -0.139. The quantitative estimate of drug-likeness (QED) is 0.416. The summed E-state index contributed by atoms with van der Waals surface area (Å²) in [5.41, 5.74) is 0.0825. The van der Waals surface area contributed by atoms with Gasteiger partial charge in [-0.05, 0) is 36.6 Å². The summed E-state index contributed by atoms with van der Waals surface area (Å²) in [6, 6.07) is 6.20. The summed E-state index contributed by atoms with van der Waals surface area (Å²) in [7, 11) is 0. The summed E-state index contributed by atoms with van der Waals surface area (Å²) in [4.78, 5) is 34.0. The van der Waals surface area contributed by atoms with E-state index in [4.69, 9.17) is 15.5 Å². The Hall–Kier alpha value is -3.34. The standard InChI is InChI=1S/C17H19N3O5/c1-10(2)7-14(17(24)25)19-9-12(8-18)15(21)20-13-5-3-11(4-6-13)16(22)23/h3-6,9-10,14,19H,7H2,1-2H3,(H,20,21)(H,22,23)(H,24,25)/b12-9-. The highest BCUT2D eigenvalue weighted by Crippen LogP contribution is 2.11. The first-order valence-electron chi connectivity index (χ1n) is 7.48. The number of nitriles is 1. The number of aliphatic carboxylic acids is 1. The zero-order valence-electron chi connectivity index (χ0n) is 13.8. The zero-order valence-corrected chi connectivity index (χ0v) is 13.8. The van der Waals surface area contributed by atoms with Gasteiger partial charge in [0, 0.05) is 11.9 Å². The average molecular weight is 345 g/mol. The Bertz CT molecular complexity index is 717. The van der Waals surface area contributed by atoms with Gasteiger partial charge in [-0.3, -0.25) is 4.79 Å². The molecule has 0 aliphatic heterocycles. The number of anilines is 1. The molecule has 1 rings (SSSR count). The topological polar surface area (TPSA) is 140 Å². The molecule has 0 heterocycles. The molecule has 1 aromatic rings. The second kappa shape index (κ2) is 9.08. The second-order valence-electron chi connectivity index (χ2n) is 5.69. The molecule has 0 bridgehead atoms. The van der Waals surface area contributed by atoms with E-state index in [9.17, 15) is 14.4 Å². The van der Waals surface area contributed by atoms with Gasteiger partial charge in [-0.25, -0.2) is 9.59 Å². The third-order valence-corrected chi connectivity index (χ3v) is 3.19. The molecule has 0 aliphatic carbocycles. The number of carboxylic acid groups (broad SMARTS) is 2. The minimum Gasteiger partial charge on any atom is -0.480 e. The van der Waals surface area contributed by atoms with Crippen molar-refractivity contribution in [3.63, 3.8) is 0 Å². The number of rotatable bonds is 8. The fraction of sp³-hybridized carbons (Fsp3) is 0.294. The first-order chi connectivity index (χ1) is 11.7. The van der Waals surface area contributed by atoms with Crippen LogP contribution in [-0.2, 0) is 9.59 Å². The van der Waals surface area contributed by atoms with Crippen LogP contribution in [-0.4, -0.2) is 34.1 Å². The van der Waals surface area contributed by atoms with Gasteiger partial charge < -0.3 is 20.8 Å². The highest BCUT2D eigenvalue weighted by atomic mass is 16.4. The number of hydrogen-bond acceptors (Lipinski definition) is 5. The van der Waals surface area contributed by atoms with Crippen molar-refractivity contribution in [1.29, 1.82) is 5.26 Å². The third kappa shape index (κ3) is 6.35. The molecule has 0 radical (unpaired) electrons. The Kier molecular flexibility index (Phi) is 7.16. The molecule has 0 spiro atoms. The SMILES string of the molecule is CC(C)CC(N/C=C(/C#N)C(=O)Nc1ccc(C(=O)O)cc1)C(=O)O. The monoisotopic (exact) mass is 345 g/mol. The van der Waals surface area contributed by atoms with Crippen molar-refractivity contribution in [2.75, 3.05) is 5.32 Å². The van der Waals surface area contributed by atoms with Crippen LogP contribution >= 0.6 is 0 Å². The van der Waals surface area contributed by atoms with Crippen molar-refractivity contribution in [3.8, 4) is 6.07 Å². The number of benzene rings is 1. The van der Waals surface area contributed by atoms with Crippen LogP contribution in [0.1, 0.15) is 30.6 Å². The summed E-state index contributed by atoms with van der Waals surface area (Å²) in [5.74, 6) is -2.78. The molecule has 25 heavy (non-hydrogen) atoms. The number of hydrogen-bond donors (Lipinski definition) is 4. The van der Waals surface area contributed by atoms with Crippen molar-refractivity contribution in [1.82, 2.24) is 5.32 Å². The van der Waals surface area contributed by atoms with Gasteiger partial charge in [0.15, 0.2) is 0 Å². The molecular weight excluding hydrogens is 326 g/mol.